The smallest absolute Gasteiger partial charge is 0.206 e. The van der Waals surface area contributed by atoms with Gasteiger partial charge in [0.1, 0.15) is 17.9 Å². The molecule has 0 spiro atoms. The quantitative estimate of drug-likeness (QED) is 0.625. The molecule has 0 atom stereocenters. The van der Waals surface area contributed by atoms with Gasteiger partial charge in [-0.25, -0.2) is 9.29 Å². The van der Waals surface area contributed by atoms with Crippen LogP contribution >= 0.6 is 11.9 Å². The lowest BCUT2D eigenvalue weighted by atomic mass is 10.0. The minimum absolute atomic E-state index is 0.649. The number of hydrogen-bond acceptors (Lipinski definition) is 7. The number of benzene rings is 1. The molecule has 2 aliphatic rings. The van der Waals surface area contributed by atoms with E-state index in [1.165, 1.54) is 0 Å². The van der Waals surface area contributed by atoms with Gasteiger partial charge in [-0.15, -0.1) is 0 Å². The molecule has 1 fully saturated rings. The molecule has 0 saturated carbocycles. The van der Waals surface area contributed by atoms with Crippen molar-refractivity contribution in [2.24, 2.45) is 0 Å². The maximum absolute atomic E-state index is 6.16. The van der Waals surface area contributed by atoms with Crippen molar-refractivity contribution in [2.75, 3.05) is 43.9 Å². The second-order valence-electron chi connectivity index (χ2n) is 7.37. The summed E-state index contributed by atoms with van der Waals surface area (Å²) in [6.07, 6.45) is 3.31. The Morgan fingerprint density at radius 2 is 1.96 bits per heavy atom. The minimum Gasteiger partial charge on any atom is -0.489 e. The largest absolute Gasteiger partial charge is 0.489 e. The Bertz CT molecular complexity index is 1010. The van der Waals surface area contributed by atoms with E-state index >= 15 is 0 Å². The molecule has 0 amide bonds. The molecule has 0 bridgehead atoms. The number of hydrogen-bond donors (Lipinski definition) is 0. The molecule has 28 heavy (non-hydrogen) atoms. The molecule has 0 N–H and O–H groups in total. The number of aromatic nitrogens is 3. The standard InChI is InChI=1S/C20H25N5O2S/c1-13-17(14(2)27-22-13)15-5-6-16-18-19(15)26-12-11-25(18)20(21-16)23-7-4-8-24(28-3)10-9-23/h5-6H,4,7-12H2,1-3H3. The fourth-order valence-electron chi connectivity index (χ4n) is 4.36. The van der Waals surface area contributed by atoms with E-state index < -0.39 is 0 Å². The molecule has 0 radical (unpaired) electrons. The van der Waals surface area contributed by atoms with Crippen molar-refractivity contribution in [3.63, 3.8) is 0 Å². The van der Waals surface area contributed by atoms with Crippen LogP contribution in [0.3, 0.4) is 0 Å². The van der Waals surface area contributed by atoms with E-state index in [1.807, 2.05) is 25.8 Å². The molecule has 8 heteroatoms. The van der Waals surface area contributed by atoms with Crippen molar-refractivity contribution in [3.8, 4) is 16.9 Å². The first-order valence-electron chi connectivity index (χ1n) is 9.80. The summed E-state index contributed by atoms with van der Waals surface area (Å²) in [5.74, 6) is 2.79. The van der Waals surface area contributed by atoms with Crippen LogP contribution in [0.25, 0.3) is 22.2 Å². The van der Waals surface area contributed by atoms with E-state index in [9.17, 15) is 0 Å². The predicted octanol–water partition coefficient (Wildman–Crippen LogP) is 3.49. The number of ether oxygens (including phenoxy) is 1. The molecular formula is C20H25N5O2S. The highest BCUT2D eigenvalue weighted by atomic mass is 32.2. The second kappa shape index (κ2) is 7.00. The van der Waals surface area contributed by atoms with Gasteiger partial charge < -0.3 is 18.7 Å². The predicted molar refractivity (Wildman–Crippen MR) is 112 cm³/mol. The van der Waals surface area contributed by atoms with E-state index in [1.54, 1.807) is 0 Å². The van der Waals surface area contributed by atoms with Gasteiger partial charge >= 0.3 is 0 Å². The van der Waals surface area contributed by atoms with E-state index in [4.69, 9.17) is 14.2 Å². The van der Waals surface area contributed by atoms with Gasteiger partial charge in [-0.2, -0.15) is 0 Å². The van der Waals surface area contributed by atoms with Crippen LogP contribution in [0.5, 0.6) is 5.75 Å². The van der Waals surface area contributed by atoms with Gasteiger partial charge in [0.25, 0.3) is 0 Å². The second-order valence-corrected chi connectivity index (χ2v) is 8.25. The van der Waals surface area contributed by atoms with Crippen LogP contribution in [0.4, 0.5) is 5.95 Å². The highest BCUT2D eigenvalue weighted by Gasteiger charge is 2.28. The van der Waals surface area contributed by atoms with Gasteiger partial charge in [0.05, 0.1) is 23.3 Å². The first-order valence-corrected chi connectivity index (χ1v) is 11.0. The van der Waals surface area contributed by atoms with Crippen LogP contribution in [0, 0.1) is 13.8 Å². The molecule has 2 aromatic heterocycles. The summed E-state index contributed by atoms with van der Waals surface area (Å²) in [4.78, 5) is 7.44. The summed E-state index contributed by atoms with van der Waals surface area (Å²) in [5.41, 5.74) is 5.04. The number of rotatable bonds is 3. The van der Waals surface area contributed by atoms with Crippen molar-refractivity contribution >= 4 is 28.9 Å². The zero-order valence-corrected chi connectivity index (χ0v) is 17.4. The van der Waals surface area contributed by atoms with Gasteiger partial charge in [0, 0.05) is 31.7 Å². The summed E-state index contributed by atoms with van der Waals surface area (Å²) in [6.45, 7) is 9.61. The van der Waals surface area contributed by atoms with E-state index in [-0.39, 0.29) is 0 Å². The molecule has 1 saturated heterocycles. The van der Waals surface area contributed by atoms with E-state index in [2.05, 4.69) is 37.3 Å². The number of anilines is 1. The Morgan fingerprint density at radius 3 is 2.75 bits per heavy atom. The molecule has 5 rings (SSSR count). The Kier molecular flexibility index (Phi) is 4.47. The zero-order chi connectivity index (χ0) is 19.3. The van der Waals surface area contributed by atoms with Crippen LogP contribution in [0.15, 0.2) is 16.7 Å². The van der Waals surface area contributed by atoms with Gasteiger partial charge in [-0.05, 0) is 38.7 Å². The van der Waals surface area contributed by atoms with Gasteiger partial charge in [-0.3, -0.25) is 0 Å². The summed E-state index contributed by atoms with van der Waals surface area (Å²) >= 11 is 1.83. The molecule has 0 aliphatic carbocycles. The number of nitrogens with zero attached hydrogens (tertiary/aromatic N) is 5. The van der Waals surface area contributed by atoms with Crippen molar-refractivity contribution in [1.29, 1.82) is 0 Å². The molecule has 2 aliphatic heterocycles. The van der Waals surface area contributed by atoms with Crippen LogP contribution < -0.4 is 9.64 Å². The maximum atomic E-state index is 6.16. The Balaban J connectivity index is 1.62. The van der Waals surface area contributed by atoms with Gasteiger partial charge in [0.2, 0.25) is 5.95 Å². The third-order valence-corrected chi connectivity index (χ3v) is 6.58. The third kappa shape index (κ3) is 2.78. The zero-order valence-electron chi connectivity index (χ0n) is 16.6. The van der Waals surface area contributed by atoms with Crippen LogP contribution in [0.2, 0.25) is 0 Å². The Labute approximate surface area is 168 Å². The average Bonchev–Trinajstić information content (AvgIpc) is 3.14. The summed E-state index contributed by atoms with van der Waals surface area (Å²) in [7, 11) is 0. The lowest BCUT2D eigenvalue weighted by Crippen LogP contribution is -2.31. The Hall–Kier alpha value is -2.19. The average molecular weight is 400 g/mol. The van der Waals surface area contributed by atoms with Crippen LogP contribution in [-0.2, 0) is 6.54 Å². The number of aryl methyl sites for hydroxylation is 2. The summed E-state index contributed by atoms with van der Waals surface area (Å²) in [5, 5.41) is 4.12. The molecule has 0 unspecified atom stereocenters. The van der Waals surface area contributed by atoms with Crippen molar-refractivity contribution in [2.45, 2.75) is 26.8 Å². The fraction of sp³-hybridized carbons (Fsp3) is 0.500. The van der Waals surface area contributed by atoms with Gasteiger partial charge in [-0.1, -0.05) is 17.1 Å². The lowest BCUT2D eigenvalue weighted by Gasteiger charge is -2.25. The molecule has 1 aromatic carbocycles. The molecular weight excluding hydrogens is 374 g/mol. The third-order valence-electron chi connectivity index (χ3n) is 5.70. The first kappa shape index (κ1) is 17.9. The normalized spacial score (nSPS) is 17.8. The van der Waals surface area contributed by atoms with Crippen molar-refractivity contribution in [3.05, 3.63) is 23.6 Å². The Morgan fingerprint density at radius 1 is 1.07 bits per heavy atom. The van der Waals surface area contributed by atoms with Gasteiger partial charge in [0.15, 0.2) is 5.75 Å². The molecule has 7 nitrogen and oxygen atoms in total. The molecule has 3 aromatic rings. The minimum atomic E-state index is 0.649. The highest BCUT2D eigenvalue weighted by Crippen LogP contribution is 2.42. The van der Waals surface area contributed by atoms with Crippen molar-refractivity contribution in [1.82, 2.24) is 19.0 Å². The first-order chi connectivity index (χ1) is 13.7. The monoisotopic (exact) mass is 399 g/mol. The maximum Gasteiger partial charge on any atom is 0.206 e. The van der Waals surface area contributed by atoms with Crippen LogP contribution in [-0.4, -0.2) is 58.1 Å². The molecule has 4 heterocycles. The van der Waals surface area contributed by atoms with E-state index in [0.29, 0.717) is 6.61 Å². The lowest BCUT2D eigenvalue weighted by molar-refractivity contribution is 0.288. The fourth-order valence-corrected chi connectivity index (χ4v) is 4.93. The topological polar surface area (TPSA) is 59.6 Å². The SMILES string of the molecule is CSN1CCCN(c2nc3ccc(-c4c(C)noc4C)c4c3n2CCO4)CC1. The van der Waals surface area contributed by atoms with E-state index in [0.717, 1.165) is 84.5 Å². The van der Waals surface area contributed by atoms with Crippen molar-refractivity contribution < 1.29 is 9.26 Å². The molecule has 148 valence electrons. The highest BCUT2D eigenvalue weighted by molar-refractivity contribution is 7.96. The van der Waals surface area contributed by atoms with Crippen LogP contribution in [0.1, 0.15) is 17.9 Å². The number of imidazole rings is 1. The summed E-state index contributed by atoms with van der Waals surface area (Å²) < 4.78 is 16.3. The summed E-state index contributed by atoms with van der Waals surface area (Å²) in [6, 6.07) is 4.19.